The minimum Gasteiger partial charge on any atom is -0.490 e. The van der Waals surface area contributed by atoms with Crippen molar-refractivity contribution in [1.82, 2.24) is 0 Å². The molecule has 2 atom stereocenters. The normalized spacial score (nSPS) is 20.9. The minimum atomic E-state index is -4.45. The third kappa shape index (κ3) is 5.21. The zero-order valence-corrected chi connectivity index (χ0v) is 18.9. The molecule has 1 fully saturated rings. The molecular formula is C27H27F3O3. The summed E-state index contributed by atoms with van der Waals surface area (Å²) in [5.41, 5.74) is 3.04. The van der Waals surface area contributed by atoms with E-state index in [1.165, 1.54) is 12.1 Å². The fourth-order valence-electron chi connectivity index (χ4n) is 4.48. The van der Waals surface area contributed by atoms with Crippen molar-refractivity contribution in [2.45, 2.75) is 40.0 Å². The molecule has 0 heterocycles. The summed E-state index contributed by atoms with van der Waals surface area (Å²) in [6.07, 6.45) is -0.269. The van der Waals surface area contributed by atoms with Gasteiger partial charge < -0.3 is 9.84 Å². The molecule has 0 spiro atoms. The molecule has 0 radical (unpaired) electrons. The second-order valence-corrected chi connectivity index (χ2v) is 8.30. The number of allylic oxidation sites excluding steroid dienone is 3. The lowest BCUT2D eigenvalue weighted by Gasteiger charge is -2.17. The standard InChI is InChI=1S/C27H27F3O3/c1-5-21-20(13-16(2)25(21)26(31)32)14-17(3)33-15-19-9-8-11-22(18(19)4)23-10-6-7-12-24(23)27(28,29)30/h5-12,14,16,25H,3,13,15H2,1-2,4H3,(H,31,32)/b20-14-,21-5+. The minimum absolute atomic E-state index is 0.0274. The molecule has 2 unspecified atom stereocenters. The third-order valence-electron chi connectivity index (χ3n) is 6.11. The Morgan fingerprint density at radius 3 is 2.48 bits per heavy atom. The first-order chi connectivity index (χ1) is 15.5. The summed E-state index contributed by atoms with van der Waals surface area (Å²) in [5, 5.41) is 9.52. The average molecular weight is 457 g/mol. The Bertz CT molecular complexity index is 1130. The van der Waals surface area contributed by atoms with Crippen LogP contribution in [-0.4, -0.2) is 11.1 Å². The highest BCUT2D eigenvalue weighted by molar-refractivity contribution is 5.77. The summed E-state index contributed by atoms with van der Waals surface area (Å²) in [6, 6.07) is 10.7. The van der Waals surface area contributed by atoms with Crippen LogP contribution in [0.4, 0.5) is 13.2 Å². The zero-order chi connectivity index (χ0) is 24.3. The predicted octanol–water partition coefficient (Wildman–Crippen LogP) is 7.32. The predicted molar refractivity (Wildman–Crippen MR) is 122 cm³/mol. The first-order valence-electron chi connectivity index (χ1n) is 10.7. The van der Waals surface area contributed by atoms with Crippen LogP contribution in [0.25, 0.3) is 11.1 Å². The topological polar surface area (TPSA) is 46.5 Å². The van der Waals surface area contributed by atoms with E-state index in [4.69, 9.17) is 4.74 Å². The van der Waals surface area contributed by atoms with Gasteiger partial charge in [-0.2, -0.15) is 13.2 Å². The molecule has 3 nitrogen and oxygen atoms in total. The summed E-state index contributed by atoms with van der Waals surface area (Å²) in [6.45, 7) is 9.56. The van der Waals surface area contributed by atoms with Crippen molar-refractivity contribution >= 4 is 5.97 Å². The number of benzene rings is 2. The molecule has 33 heavy (non-hydrogen) atoms. The summed E-state index contributed by atoms with van der Waals surface area (Å²) >= 11 is 0. The number of aliphatic carboxylic acids is 1. The molecular weight excluding hydrogens is 429 g/mol. The maximum Gasteiger partial charge on any atom is 0.417 e. The van der Waals surface area contributed by atoms with Crippen LogP contribution in [0.3, 0.4) is 0 Å². The Labute approximate surface area is 191 Å². The van der Waals surface area contributed by atoms with E-state index in [-0.39, 0.29) is 18.1 Å². The van der Waals surface area contributed by atoms with Gasteiger partial charge in [0, 0.05) is 0 Å². The number of halogens is 3. The van der Waals surface area contributed by atoms with Gasteiger partial charge in [0.05, 0.1) is 11.5 Å². The largest absolute Gasteiger partial charge is 0.490 e. The molecule has 2 aromatic rings. The molecule has 1 aliphatic rings. The maximum atomic E-state index is 13.5. The molecule has 1 aliphatic carbocycles. The lowest BCUT2D eigenvalue weighted by atomic mass is 9.93. The SMILES string of the molecule is C=C(/C=C1/CC(C)C(C(=O)O)/C1=C/C)OCc1cccc(-c2ccccc2C(F)(F)F)c1C. The van der Waals surface area contributed by atoms with E-state index in [0.717, 1.165) is 22.8 Å². The van der Waals surface area contributed by atoms with E-state index in [2.05, 4.69) is 6.58 Å². The number of hydrogen-bond acceptors (Lipinski definition) is 2. The van der Waals surface area contributed by atoms with Crippen molar-refractivity contribution in [2.24, 2.45) is 11.8 Å². The van der Waals surface area contributed by atoms with E-state index in [1.54, 1.807) is 31.2 Å². The van der Waals surface area contributed by atoms with Crippen LogP contribution in [0.2, 0.25) is 0 Å². The highest BCUT2D eigenvalue weighted by Crippen LogP contribution is 2.41. The van der Waals surface area contributed by atoms with Gasteiger partial charge in [0.15, 0.2) is 0 Å². The second kappa shape index (κ2) is 9.69. The van der Waals surface area contributed by atoms with Gasteiger partial charge in [0.2, 0.25) is 0 Å². The van der Waals surface area contributed by atoms with Crippen molar-refractivity contribution in [1.29, 1.82) is 0 Å². The second-order valence-electron chi connectivity index (χ2n) is 8.30. The number of ether oxygens (including phenoxy) is 1. The van der Waals surface area contributed by atoms with Crippen molar-refractivity contribution in [3.63, 3.8) is 0 Å². The van der Waals surface area contributed by atoms with E-state index in [0.29, 0.717) is 23.3 Å². The molecule has 0 aromatic heterocycles. The van der Waals surface area contributed by atoms with Crippen molar-refractivity contribution in [2.75, 3.05) is 0 Å². The van der Waals surface area contributed by atoms with Gasteiger partial charge in [0.1, 0.15) is 12.4 Å². The summed E-state index contributed by atoms with van der Waals surface area (Å²) < 4.78 is 46.3. The van der Waals surface area contributed by atoms with Crippen molar-refractivity contribution < 1.29 is 27.8 Å². The molecule has 6 heteroatoms. The summed E-state index contributed by atoms with van der Waals surface area (Å²) in [7, 11) is 0. The number of carboxylic acids is 1. The molecule has 3 rings (SSSR count). The Morgan fingerprint density at radius 1 is 1.18 bits per heavy atom. The summed E-state index contributed by atoms with van der Waals surface area (Å²) in [5.74, 6) is -1.05. The summed E-state index contributed by atoms with van der Waals surface area (Å²) in [4.78, 5) is 11.6. The molecule has 1 N–H and O–H groups in total. The van der Waals surface area contributed by atoms with E-state index in [9.17, 15) is 23.1 Å². The van der Waals surface area contributed by atoms with Crippen molar-refractivity contribution in [3.8, 4) is 11.1 Å². The molecule has 0 bridgehead atoms. The van der Waals surface area contributed by atoms with Crippen molar-refractivity contribution in [3.05, 3.63) is 94.8 Å². The quantitative estimate of drug-likeness (QED) is 0.463. The van der Waals surface area contributed by atoms with Crippen LogP contribution in [0, 0.1) is 18.8 Å². The van der Waals surface area contributed by atoms with Gasteiger partial charge in [-0.05, 0) is 71.7 Å². The lowest BCUT2D eigenvalue weighted by Crippen LogP contribution is -2.17. The van der Waals surface area contributed by atoms with E-state index < -0.39 is 23.6 Å². The molecule has 1 saturated carbocycles. The Hall–Kier alpha value is -3.28. The number of alkyl halides is 3. The number of rotatable bonds is 6. The average Bonchev–Trinajstić information content (AvgIpc) is 3.07. The van der Waals surface area contributed by atoms with Gasteiger partial charge in [0.25, 0.3) is 0 Å². The van der Waals surface area contributed by atoms with Crippen LogP contribution in [-0.2, 0) is 22.3 Å². The van der Waals surface area contributed by atoms with E-state index in [1.807, 2.05) is 26.0 Å². The zero-order valence-electron chi connectivity index (χ0n) is 18.9. The molecule has 174 valence electrons. The molecule has 0 aliphatic heterocycles. The number of carboxylic acid groups (broad SMARTS) is 1. The Kier molecular flexibility index (Phi) is 7.15. The Morgan fingerprint density at radius 2 is 1.85 bits per heavy atom. The number of hydrogen-bond donors (Lipinski definition) is 1. The van der Waals surface area contributed by atoms with Gasteiger partial charge in [-0.15, -0.1) is 0 Å². The van der Waals surface area contributed by atoms with Crippen LogP contribution < -0.4 is 0 Å². The first-order valence-corrected chi connectivity index (χ1v) is 10.7. The van der Waals surface area contributed by atoms with Gasteiger partial charge in [-0.25, -0.2) is 0 Å². The molecule has 2 aromatic carbocycles. The van der Waals surface area contributed by atoms with Crippen LogP contribution in [0.15, 0.2) is 78.1 Å². The Balaban J connectivity index is 1.81. The first kappa shape index (κ1) is 24.4. The maximum absolute atomic E-state index is 13.5. The number of carbonyl (C=O) groups is 1. The third-order valence-corrected chi connectivity index (χ3v) is 6.11. The van der Waals surface area contributed by atoms with E-state index >= 15 is 0 Å². The highest BCUT2D eigenvalue weighted by Gasteiger charge is 2.37. The van der Waals surface area contributed by atoms with Gasteiger partial charge in [-0.1, -0.05) is 56.0 Å². The molecule has 0 amide bonds. The lowest BCUT2D eigenvalue weighted by molar-refractivity contribution is -0.141. The van der Waals surface area contributed by atoms with Crippen LogP contribution >= 0.6 is 0 Å². The monoisotopic (exact) mass is 456 g/mol. The molecule has 0 saturated heterocycles. The van der Waals surface area contributed by atoms with Gasteiger partial charge in [-0.3, -0.25) is 4.79 Å². The highest BCUT2D eigenvalue weighted by atomic mass is 19.4. The van der Waals surface area contributed by atoms with Crippen LogP contribution in [0.1, 0.15) is 37.0 Å². The fraction of sp³-hybridized carbons (Fsp3) is 0.296. The van der Waals surface area contributed by atoms with Gasteiger partial charge >= 0.3 is 12.1 Å². The smallest absolute Gasteiger partial charge is 0.417 e. The van der Waals surface area contributed by atoms with Crippen LogP contribution in [0.5, 0.6) is 0 Å². The fourth-order valence-corrected chi connectivity index (χ4v) is 4.48.